The van der Waals surface area contributed by atoms with Crippen LogP contribution in [0.3, 0.4) is 0 Å². The minimum Gasteiger partial charge on any atom is -0.349 e. The first-order valence-corrected chi connectivity index (χ1v) is 6.00. The van der Waals surface area contributed by atoms with E-state index in [2.05, 4.69) is 20.7 Å². The van der Waals surface area contributed by atoms with Crippen molar-refractivity contribution in [1.29, 1.82) is 0 Å². The summed E-state index contributed by atoms with van der Waals surface area (Å²) in [5, 5.41) is 14.7. The third-order valence-electron chi connectivity index (χ3n) is 2.63. The number of carbonyl (C=O) groups is 1. The highest BCUT2D eigenvalue weighted by molar-refractivity contribution is 5.77. The fourth-order valence-electron chi connectivity index (χ4n) is 1.63. The van der Waals surface area contributed by atoms with Gasteiger partial charge in [-0.25, -0.2) is 0 Å². The number of amides is 1. The summed E-state index contributed by atoms with van der Waals surface area (Å²) in [6.45, 7) is 1.06. The van der Waals surface area contributed by atoms with Crippen LogP contribution >= 0.6 is 0 Å². The molecule has 0 unspecified atom stereocenters. The Balaban J connectivity index is 1.82. The molecule has 0 aromatic carbocycles. The molecule has 2 aromatic rings. The Bertz CT molecular complexity index is 545. The van der Waals surface area contributed by atoms with Gasteiger partial charge < -0.3 is 11.1 Å². The fourth-order valence-corrected chi connectivity index (χ4v) is 1.63. The quantitative estimate of drug-likeness (QED) is 0.683. The molecule has 0 bridgehead atoms. The molecule has 0 atom stereocenters. The van der Waals surface area contributed by atoms with Crippen molar-refractivity contribution in [2.45, 2.75) is 19.5 Å². The lowest BCUT2D eigenvalue weighted by Gasteiger charge is -1.99. The van der Waals surface area contributed by atoms with Crippen molar-refractivity contribution in [2.75, 3.05) is 6.54 Å². The van der Waals surface area contributed by atoms with Gasteiger partial charge in [0.15, 0.2) is 0 Å². The lowest BCUT2D eigenvalue weighted by molar-refractivity contribution is -0.119. The Morgan fingerprint density at radius 3 is 3.00 bits per heavy atom. The van der Waals surface area contributed by atoms with Gasteiger partial charge in [-0.1, -0.05) is 5.21 Å². The second kappa shape index (κ2) is 6.10. The monoisotopic (exact) mass is 263 g/mol. The average molecular weight is 263 g/mol. The molecule has 2 rings (SSSR count). The number of hydrogen-bond donors (Lipinski definition) is 2. The first kappa shape index (κ1) is 13.2. The molecule has 1 amide bonds. The van der Waals surface area contributed by atoms with Crippen LogP contribution in [-0.4, -0.2) is 37.2 Å². The van der Waals surface area contributed by atoms with E-state index in [9.17, 15) is 4.79 Å². The van der Waals surface area contributed by atoms with E-state index in [0.717, 1.165) is 18.5 Å². The highest BCUT2D eigenvalue weighted by Gasteiger charge is 2.03. The Morgan fingerprint density at radius 2 is 2.32 bits per heavy atom. The highest BCUT2D eigenvalue weighted by Crippen LogP contribution is 2.00. The largest absolute Gasteiger partial charge is 0.349 e. The minimum absolute atomic E-state index is 0.0187. The Labute approximate surface area is 110 Å². The van der Waals surface area contributed by atoms with Crippen molar-refractivity contribution >= 4 is 5.91 Å². The van der Waals surface area contributed by atoms with E-state index in [1.165, 1.54) is 0 Å². The number of nitrogens with zero attached hydrogens (tertiary/aromatic N) is 5. The maximum atomic E-state index is 11.0. The van der Waals surface area contributed by atoms with E-state index in [1.54, 1.807) is 9.36 Å². The molecule has 2 heterocycles. The molecular formula is C11H17N7O. The molecular weight excluding hydrogens is 246 g/mol. The number of rotatable bonds is 6. The van der Waals surface area contributed by atoms with E-state index in [-0.39, 0.29) is 12.5 Å². The maximum Gasteiger partial charge on any atom is 0.234 e. The SMILES string of the molecule is Cn1cc(CCn2cc(CNC(=O)CN)nn2)cn1. The van der Waals surface area contributed by atoms with Crippen LogP contribution in [-0.2, 0) is 31.4 Å². The summed E-state index contributed by atoms with van der Waals surface area (Å²) in [6.07, 6.45) is 6.46. The molecule has 8 heteroatoms. The van der Waals surface area contributed by atoms with Crippen LogP contribution in [0.1, 0.15) is 11.3 Å². The van der Waals surface area contributed by atoms with Crippen LogP contribution in [0.25, 0.3) is 0 Å². The first-order valence-electron chi connectivity index (χ1n) is 6.00. The Kier molecular flexibility index (Phi) is 4.24. The van der Waals surface area contributed by atoms with E-state index in [1.807, 2.05) is 25.6 Å². The van der Waals surface area contributed by atoms with Gasteiger partial charge in [0.05, 0.1) is 25.5 Å². The second-order valence-electron chi connectivity index (χ2n) is 4.23. The summed E-state index contributed by atoms with van der Waals surface area (Å²) in [7, 11) is 1.89. The van der Waals surface area contributed by atoms with Crippen LogP contribution in [0.5, 0.6) is 0 Å². The van der Waals surface area contributed by atoms with Crippen molar-refractivity contribution in [3.63, 3.8) is 0 Å². The van der Waals surface area contributed by atoms with Crippen molar-refractivity contribution in [2.24, 2.45) is 12.8 Å². The molecule has 0 spiro atoms. The van der Waals surface area contributed by atoms with Crippen LogP contribution in [0.4, 0.5) is 0 Å². The Hall–Kier alpha value is -2.22. The number of hydrogen-bond acceptors (Lipinski definition) is 5. The standard InChI is InChI=1S/C11H17N7O/c1-17-7-9(5-14-17)2-3-18-8-10(15-16-18)6-13-11(19)4-12/h5,7-8H,2-4,6,12H2,1H3,(H,13,19). The zero-order valence-electron chi connectivity index (χ0n) is 10.8. The van der Waals surface area contributed by atoms with Gasteiger partial charge in [-0.15, -0.1) is 5.10 Å². The molecule has 2 aromatic heterocycles. The summed E-state index contributed by atoms with van der Waals surface area (Å²) in [6, 6.07) is 0. The van der Waals surface area contributed by atoms with Gasteiger partial charge in [0, 0.05) is 19.8 Å². The van der Waals surface area contributed by atoms with Gasteiger partial charge in [0.2, 0.25) is 5.91 Å². The number of carbonyl (C=O) groups excluding carboxylic acids is 1. The molecule has 0 aliphatic rings. The van der Waals surface area contributed by atoms with Crippen LogP contribution in [0.2, 0.25) is 0 Å². The number of aromatic nitrogens is 5. The molecule has 0 radical (unpaired) electrons. The molecule has 3 N–H and O–H groups in total. The van der Waals surface area contributed by atoms with Gasteiger partial charge in [0.25, 0.3) is 0 Å². The third-order valence-corrected chi connectivity index (χ3v) is 2.63. The van der Waals surface area contributed by atoms with Gasteiger partial charge in [-0.3, -0.25) is 14.2 Å². The molecule has 0 aliphatic carbocycles. The lowest BCUT2D eigenvalue weighted by atomic mass is 10.2. The topological polar surface area (TPSA) is 104 Å². The summed E-state index contributed by atoms with van der Waals surface area (Å²) in [4.78, 5) is 11.0. The van der Waals surface area contributed by atoms with Crippen molar-refractivity contribution in [3.8, 4) is 0 Å². The third kappa shape index (κ3) is 3.88. The molecule has 102 valence electrons. The van der Waals surface area contributed by atoms with Gasteiger partial charge >= 0.3 is 0 Å². The maximum absolute atomic E-state index is 11.0. The molecule has 0 saturated heterocycles. The van der Waals surface area contributed by atoms with Crippen molar-refractivity contribution in [3.05, 3.63) is 29.8 Å². The lowest BCUT2D eigenvalue weighted by Crippen LogP contribution is -2.29. The predicted octanol–water partition coefficient (Wildman–Crippen LogP) is -1.17. The minimum atomic E-state index is -0.204. The number of aryl methyl sites for hydroxylation is 3. The van der Waals surface area contributed by atoms with Gasteiger partial charge in [0.1, 0.15) is 5.69 Å². The van der Waals surface area contributed by atoms with Crippen molar-refractivity contribution in [1.82, 2.24) is 30.1 Å². The summed E-state index contributed by atoms with van der Waals surface area (Å²) in [5.41, 5.74) is 7.06. The van der Waals surface area contributed by atoms with E-state index in [0.29, 0.717) is 12.2 Å². The van der Waals surface area contributed by atoms with E-state index < -0.39 is 0 Å². The number of nitrogens with two attached hydrogens (primary N) is 1. The van der Waals surface area contributed by atoms with E-state index >= 15 is 0 Å². The van der Waals surface area contributed by atoms with Gasteiger partial charge in [-0.05, 0) is 12.0 Å². The van der Waals surface area contributed by atoms with Crippen molar-refractivity contribution < 1.29 is 4.79 Å². The molecule has 0 fully saturated rings. The highest BCUT2D eigenvalue weighted by atomic mass is 16.1. The van der Waals surface area contributed by atoms with Crippen LogP contribution in [0.15, 0.2) is 18.6 Å². The predicted molar refractivity (Wildman–Crippen MR) is 67.8 cm³/mol. The Morgan fingerprint density at radius 1 is 1.47 bits per heavy atom. The number of nitrogens with one attached hydrogen (secondary N) is 1. The normalized spacial score (nSPS) is 10.6. The molecule has 19 heavy (non-hydrogen) atoms. The average Bonchev–Trinajstić information content (AvgIpc) is 3.02. The first-order chi connectivity index (χ1) is 9.17. The van der Waals surface area contributed by atoms with E-state index in [4.69, 9.17) is 5.73 Å². The zero-order valence-corrected chi connectivity index (χ0v) is 10.8. The smallest absolute Gasteiger partial charge is 0.234 e. The molecule has 0 saturated carbocycles. The summed E-state index contributed by atoms with van der Waals surface area (Å²) >= 11 is 0. The van der Waals surface area contributed by atoms with Crippen LogP contribution < -0.4 is 11.1 Å². The summed E-state index contributed by atoms with van der Waals surface area (Å²) < 4.78 is 3.52. The van der Waals surface area contributed by atoms with Gasteiger partial charge in [-0.2, -0.15) is 5.10 Å². The zero-order chi connectivity index (χ0) is 13.7. The fraction of sp³-hybridized carbons (Fsp3) is 0.455. The summed E-state index contributed by atoms with van der Waals surface area (Å²) in [5.74, 6) is -0.204. The molecule has 0 aliphatic heterocycles. The van der Waals surface area contributed by atoms with Crippen LogP contribution in [0, 0.1) is 0 Å². The second-order valence-corrected chi connectivity index (χ2v) is 4.23. The molecule has 8 nitrogen and oxygen atoms in total.